The number of piperidine rings is 1. The lowest BCUT2D eigenvalue weighted by Gasteiger charge is -2.40. The summed E-state index contributed by atoms with van der Waals surface area (Å²) in [5.41, 5.74) is 5.04. The van der Waals surface area contributed by atoms with Gasteiger partial charge in [-0.05, 0) is 41.2 Å². The maximum Gasteiger partial charge on any atom is 0.288 e. The fourth-order valence-electron chi connectivity index (χ4n) is 5.25. The van der Waals surface area contributed by atoms with E-state index in [1.165, 1.54) is 16.7 Å². The van der Waals surface area contributed by atoms with E-state index in [0.717, 1.165) is 37.2 Å². The van der Waals surface area contributed by atoms with Gasteiger partial charge < -0.3 is 14.4 Å². The van der Waals surface area contributed by atoms with Crippen LogP contribution in [0.2, 0.25) is 0 Å². The Hall–Kier alpha value is -2.11. The molecule has 5 nitrogen and oxygen atoms in total. The number of alkyl halides is 1. The number of fused-ring (bicyclic) bond motifs is 3. The number of ether oxygens (including phenoxy) is 2. The minimum Gasteiger partial charge on any atom is -0.456 e. The molecule has 2 spiro atoms. The second kappa shape index (κ2) is 6.44. The van der Waals surface area contributed by atoms with Crippen molar-refractivity contribution in [1.82, 2.24) is 9.88 Å². The number of amidine groups is 1. The van der Waals surface area contributed by atoms with E-state index in [0.29, 0.717) is 31.4 Å². The first kappa shape index (κ1) is 16.7. The van der Waals surface area contributed by atoms with Gasteiger partial charge in [0.15, 0.2) is 0 Å². The number of hydrogen-bond donors (Lipinski definition) is 0. The third-order valence-electron chi connectivity index (χ3n) is 6.81. The standard InChI is InChI=1S/C23H24ClN3O2/c24-12-19-9-17-10-22(11-18(17)13-25-19)15-26-21(29-22)27-7-5-23(6-8-27)20-4-2-1-3-16(20)14-28-23/h1-4,9,13H,5-8,10-12,14-15H2/i15D. The van der Waals surface area contributed by atoms with Crippen LogP contribution in [0.1, 0.15) is 42.2 Å². The number of rotatable bonds is 1. The van der Waals surface area contributed by atoms with E-state index in [9.17, 15) is 0 Å². The summed E-state index contributed by atoms with van der Waals surface area (Å²) in [4.78, 5) is 11.2. The lowest BCUT2D eigenvalue weighted by atomic mass is 9.84. The van der Waals surface area contributed by atoms with E-state index in [1.807, 2.05) is 12.3 Å². The van der Waals surface area contributed by atoms with Crippen LogP contribution in [0.15, 0.2) is 41.5 Å². The van der Waals surface area contributed by atoms with Crippen LogP contribution in [0.4, 0.5) is 0 Å². The SMILES string of the molecule is [2H]C1N=C(N2CCC3(CC2)OCc2ccccc23)OC12Cc1cnc(CCl)cc1C2. The number of aromatic nitrogens is 1. The molecule has 1 aliphatic carbocycles. The highest BCUT2D eigenvalue weighted by Gasteiger charge is 2.47. The Kier molecular flexibility index (Phi) is 3.70. The van der Waals surface area contributed by atoms with Crippen molar-refractivity contribution in [1.29, 1.82) is 0 Å². The Bertz CT molecular complexity index is 1040. The molecule has 4 aliphatic rings. The molecule has 2 unspecified atom stereocenters. The molecule has 0 saturated carbocycles. The highest BCUT2D eigenvalue weighted by Crippen LogP contribution is 2.45. The summed E-state index contributed by atoms with van der Waals surface area (Å²) in [5, 5.41) is 0. The van der Waals surface area contributed by atoms with Crippen LogP contribution in [0, 0.1) is 0 Å². The van der Waals surface area contributed by atoms with Gasteiger partial charge in [0, 0.05) is 32.1 Å². The zero-order chi connectivity index (χ0) is 20.3. The third kappa shape index (κ3) is 2.78. The number of halogens is 1. The van der Waals surface area contributed by atoms with Crippen molar-refractivity contribution in [2.75, 3.05) is 19.6 Å². The van der Waals surface area contributed by atoms with Crippen molar-refractivity contribution < 1.29 is 10.8 Å². The monoisotopic (exact) mass is 410 g/mol. The van der Waals surface area contributed by atoms with E-state index in [-0.39, 0.29) is 5.60 Å². The summed E-state index contributed by atoms with van der Waals surface area (Å²) in [6, 6.07) is 11.2. The molecule has 1 aromatic heterocycles. The molecule has 0 bridgehead atoms. The molecule has 4 heterocycles. The van der Waals surface area contributed by atoms with Gasteiger partial charge in [-0.15, -0.1) is 11.6 Å². The van der Waals surface area contributed by atoms with E-state index < -0.39 is 12.1 Å². The molecule has 0 amide bonds. The van der Waals surface area contributed by atoms with Crippen LogP contribution in [0.25, 0.3) is 0 Å². The first-order chi connectivity index (χ1) is 14.6. The molecule has 0 radical (unpaired) electrons. The number of hydrogen-bond acceptors (Lipinski definition) is 5. The van der Waals surface area contributed by atoms with Crippen molar-refractivity contribution in [2.45, 2.75) is 49.4 Å². The second-order valence-electron chi connectivity index (χ2n) is 8.57. The zero-order valence-corrected chi connectivity index (χ0v) is 17.0. The van der Waals surface area contributed by atoms with Crippen LogP contribution in [0.5, 0.6) is 0 Å². The summed E-state index contributed by atoms with van der Waals surface area (Å²) < 4.78 is 21.4. The van der Waals surface area contributed by atoms with Gasteiger partial charge in [-0.25, -0.2) is 4.99 Å². The number of aliphatic imine (C=N–C) groups is 1. The Labute approximate surface area is 177 Å². The molecule has 1 saturated heterocycles. The lowest BCUT2D eigenvalue weighted by molar-refractivity contribution is -0.0738. The van der Waals surface area contributed by atoms with E-state index in [2.05, 4.69) is 39.1 Å². The molecule has 0 N–H and O–H groups in total. The molecule has 2 atom stereocenters. The molecule has 6 heteroatoms. The van der Waals surface area contributed by atoms with Gasteiger partial charge in [0.25, 0.3) is 6.02 Å². The first-order valence-electron chi connectivity index (χ1n) is 10.9. The predicted octanol–water partition coefficient (Wildman–Crippen LogP) is 3.57. The van der Waals surface area contributed by atoms with Crippen molar-refractivity contribution >= 4 is 17.6 Å². The van der Waals surface area contributed by atoms with Gasteiger partial charge in [0.05, 0.1) is 31.7 Å². The molecule has 29 heavy (non-hydrogen) atoms. The second-order valence-corrected chi connectivity index (χ2v) is 8.83. The van der Waals surface area contributed by atoms with Crippen LogP contribution < -0.4 is 0 Å². The quantitative estimate of drug-likeness (QED) is 0.674. The number of nitrogens with zero attached hydrogens (tertiary/aromatic N) is 3. The van der Waals surface area contributed by atoms with Crippen molar-refractivity contribution in [2.24, 2.45) is 4.99 Å². The van der Waals surface area contributed by atoms with Gasteiger partial charge >= 0.3 is 0 Å². The Morgan fingerprint density at radius 2 is 1.97 bits per heavy atom. The molecule has 6 rings (SSSR count). The average Bonchev–Trinajstić information content (AvgIpc) is 3.42. The number of benzene rings is 1. The minimum absolute atomic E-state index is 0.183. The number of pyridine rings is 1. The summed E-state index contributed by atoms with van der Waals surface area (Å²) in [6.07, 6.45) is 5.06. The van der Waals surface area contributed by atoms with Gasteiger partial charge in [0.1, 0.15) is 5.60 Å². The Morgan fingerprint density at radius 3 is 2.83 bits per heavy atom. The van der Waals surface area contributed by atoms with Crippen LogP contribution >= 0.6 is 11.6 Å². The topological polar surface area (TPSA) is 47.0 Å². The molecule has 1 aromatic carbocycles. The van der Waals surface area contributed by atoms with E-state index in [4.69, 9.17) is 22.4 Å². The summed E-state index contributed by atoms with van der Waals surface area (Å²) in [7, 11) is 0. The van der Waals surface area contributed by atoms with Crippen LogP contribution in [-0.4, -0.2) is 41.1 Å². The van der Waals surface area contributed by atoms with Crippen LogP contribution in [0.3, 0.4) is 0 Å². The summed E-state index contributed by atoms with van der Waals surface area (Å²) in [5.74, 6) is 0.397. The van der Waals surface area contributed by atoms with Gasteiger partial charge in [-0.3, -0.25) is 4.98 Å². The summed E-state index contributed by atoms with van der Waals surface area (Å²) in [6.45, 7) is 1.71. The molecule has 1 fully saturated rings. The van der Waals surface area contributed by atoms with Crippen molar-refractivity contribution in [3.63, 3.8) is 0 Å². The fraction of sp³-hybridized carbons (Fsp3) is 0.478. The van der Waals surface area contributed by atoms with Crippen molar-refractivity contribution in [3.05, 3.63) is 64.5 Å². The molecular formula is C23H24ClN3O2. The summed E-state index contributed by atoms with van der Waals surface area (Å²) >= 11 is 5.95. The van der Waals surface area contributed by atoms with Crippen molar-refractivity contribution in [3.8, 4) is 0 Å². The van der Waals surface area contributed by atoms with Crippen LogP contribution in [-0.2, 0) is 40.4 Å². The van der Waals surface area contributed by atoms with Gasteiger partial charge in [0.2, 0.25) is 0 Å². The fourth-order valence-corrected chi connectivity index (χ4v) is 5.40. The lowest BCUT2D eigenvalue weighted by Crippen LogP contribution is -2.47. The highest BCUT2D eigenvalue weighted by molar-refractivity contribution is 6.16. The van der Waals surface area contributed by atoms with E-state index in [1.54, 1.807) is 0 Å². The maximum atomic E-state index is 8.65. The maximum absolute atomic E-state index is 8.65. The normalized spacial score (nSPS) is 29.6. The van der Waals surface area contributed by atoms with E-state index >= 15 is 0 Å². The molecule has 2 aromatic rings. The molecule has 150 valence electrons. The Morgan fingerprint density at radius 1 is 1.14 bits per heavy atom. The smallest absolute Gasteiger partial charge is 0.288 e. The third-order valence-corrected chi connectivity index (χ3v) is 7.09. The highest BCUT2D eigenvalue weighted by atomic mass is 35.5. The predicted molar refractivity (Wildman–Crippen MR) is 111 cm³/mol. The van der Waals surface area contributed by atoms with Gasteiger partial charge in [-0.2, -0.15) is 0 Å². The first-order valence-corrected chi connectivity index (χ1v) is 10.8. The average molecular weight is 411 g/mol. The zero-order valence-electron chi connectivity index (χ0n) is 17.2. The largest absolute Gasteiger partial charge is 0.456 e. The minimum atomic E-state index is -0.626. The molecule has 3 aliphatic heterocycles. The van der Waals surface area contributed by atoms with Gasteiger partial charge in [-0.1, -0.05) is 24.3 Å². The molecular weight excluding hydrogens is 386 g/mol. The Balaban J connectivity index is 1.17. The number of likely N-dealkylation sites (tertiary alicyclic amines) is 1.